The van der Waals surface area contributed by atoms with Crippen molar-refractivity contribution in [3.8, 4) is 11.3 Å². The van der Waals surface area contributed by atoms with Gasteiger partial charge in [-0.25, -0.2) is 0 Å². The topological polar surface area (TPSA) is 79.0 Å². The van der Waals surface area contributed by atoms with Gasteiger partial charge in [0.2, 0.25) is 0 Å². The number of rotatable bonds is 4. The summed E-state index contributed by atoms with van der Waals surface area (Å²) in [6.07, 6.45) is 0. The molecule has 1 aromatic carbocycles. The van der Waals surface area contributed by atoms with Gasteiger partial charge >= 0.3 is 0 Å². The zero-order chi connectivity index (χ0) is 17.1. The molecule has 1 N–H and O–H groups in total. The van der Waals surface area contributed by atoms with E-state index >= 15 is 0 Å². The predicted octanol–water partition coefficient (Wildman–Crippen LogP) is 2.47. The quantitative estimate of drug-likeness (QED) is 0.791. The van der Waals surface area contributed by atoms with Crippen LogP contribution in [0.3, 0.4) is 0 Å². The summed E-state index contributed by atoms with van der Waals surface area (Å²) >= 11 is 1.25. The number of hydrogen-bond donors (Lipinski definition) is 1. The van der Waals surface area contributed by atoms with Gasteiger partial charge in [-0.05, 0) is 36.2 Å². The highest BCUT2D eigenvalue weighted by Gasteiger charge is 2.18. The molecule has 0 aliphatic carbocycles. The molecular weight excluding hydrogens is 324 g/mol. The number of nitrogens with zero attached hydrogens (tertiary/aromatic N) is 3. The summed E-state index contributed by atoms with van der Waals surface area (Å²) in [6.45, 7) is 2.22. The lowest BCUT2D eigenvalue weighted by atomic mass is 10.1. The van der Waals surface area contributed by atoms with Gasteiger partial charge in [-0.15, -0.1) is 5.10 Å². The maximum atomic E-state index is 12.5. The largest absolute Gasteiger partial charge is 0.336 e. The van der Waals surface area contributed by atoms with E-state index in [9.17, 15) is 9.59 Å². The summed E-state index contributed by atoms with van der Waals surface area (Å²) in [5.74, 6) is -0.330. The van der Waals surface area contributed by atoms with Crippen molar-refractivity contribution in [2.24, 2.45) is 0 Å². The number of carbonyl (C=O) groups is 1. The van der Waals surface area contributed by atoms with Gasteiger partial charge in [0.1, 0.15) is 5.56 Å². The van der Waals surface area contributed by atoms with Crippen molar-refractivity contribution in [3.05, 3.63) is 69.0 Å². The van der Waals surface area contributed by atoms with Crippen LogP contribution in [0.15, 0.2) is 47.3 Å². The van der Waals surface area contributed by atoms with E-state index in [-0.39, 0.29) is 11.5 Å². The summed E-state index contributed by atoms with van der Waals surface area (Å²) in [6, 6.07) is 12.8. The normalized spacial score (nSPS) is 10.6. The molecule has 1 amide bonds. The maximum absolute atomic E-state index is 12.5. The van der Waals surface area contributed by atoms with Crippen LogP contribution >= 0.6 is 11.5 Å². The Labute approximate surface area is 142 Å². The number of H-pyrrole nitrogens is 1. The lowest BCUT2D eigenvalue weighted by Crippen LogP contribution is -2.31. The Kier molecular flexibility index (Phi) is 4.52. The van der Waals surface area contributed by atoms with E-state index in [2.05, 4.69) is 14.6 Å². The first-order valence-electron chi connectivity index (χ1n) is 7.38. The van der Waals surface area contributed by atoms with E-state index < -0.39 is 5.56 Å². The van der Waals surface area contributed by atoms with Crippen molar-refractivity contribution in [2.45, 2.75) is 13.5 Å². The monoisotopic (exact) mass is 340 g/mol. The SMILES string of the molecule is Cc1nnsc1CN(C)C(=O)c1ccc(-c2ccccc2)[nH]c1=O. The summed E-state index contributed by atoms with van der Waals surface area (Å²) in [4.78, 5) is 30.0. The molecule has 0 unspecified atom stereocenters. The van der Waals surface area contributed by atoms with Crippen molar-refractivity contribution >= 4 is 17.4 Å². The minimum absolute atomic E-state index is 0.118. The van der Waals surface area contributed by atoms with E-state index in [4.69, 9.17) is 0 Å². The standard InChI is InChI=1S/C17H16N4O2S/c1-11-15(24-20-19-11)10-21(2)17(23)13-8-9-14(18-16(13)22)12-6-4-3-5-7-12/h3-9H,10H2,1-2H3,(H,18,22). The van der Waals surface area contributed by atoms with Crippen LogP contribution in [0.25, 0.3) is 11.3 Å². The highest BCUT2D eigenvalue weighted by atomic mass is 32.1. The van der Waals surface area contributed by atoms with Crippen molar-refractivity contribution in [3.63, 3.8) is 0 Å². The molecule has 0 aliphatic rings. The van der Waals surface area contributed by atoms with Crippen LogP contribution < -0.4 is 5.56 Å². The van der Waals surface area contributed by atoms with E-state index in [0.29, 0.717) is 12.2 Å². The lowest BCUT2D eigenvalue weighted by molar-refractivity contribution is 0.0784. The molecule has 3 rings (SSSR count). The maximum Gasteiger partial charge on any atom is 0.261 e. The molecule has 0 bridgehead atoms. The molecule has 0 saturated heterocycles. The number of aryl methyl sites for hydroxylation is 1. The number of amides is 1. The zero-order valence-electron chi connectivity index (χ0n) is 13.3. The molecule has 0 spiro atoms. The highest BCUT2D eigenvalue weighted by molar-refractivity contribution is 7.05. The molecule has 24 heavy (non-hydrogen) atoms. The third-order valence-corrected chi connectivity index (χ3v) is 4.51. The van der Waals surface area contributed by atoms with Crippen molar-refractivity contribution in [1.29, 1.82) is 0 Å². The molecule has 122 valence electrons. The molecule has 3 aromatic rings. The first-order valence-corrected chi connectivity index (χ1v) is 8.15. The average Bonchev–Trinajstić information content (AvgIpc) is 3.00. The number of aromatic nitrogens is 3. The molecule has 7 heteroatoms. The summed E-state index contributed by atoms with van der Waals surface area (Å²) < 4.78 is 3.86. The number of hydrogen-bond acceptors (Lipinski definition) is 5. The zero-order valence-corrected chi connectivity index (χ0v) is 14.1. The van der Waals surface area contributed by atoms with Crippen LogP contribution in [0, 0.1) is 6.92 Å². The smallest absolute Gasteiger partial charge is 0.261 e. The first kappa shape index (κ1) is 16.1. The van der Waals surface area contributed by atoms with Crippen molar-refractivity contribution < 1.29 is 4.79 Å². The second-order valence-corrected chi connectivity index (χ2v) is 6.26. The molecule has 0 saturated carbocycles. The minimum atomic E-state index is -0.396. The van der Waals surface area contributed by atoms with Crippen LogP contribution in [0.1, 0.15) is 20.9 Å². The lowest BCUT2D eigenvalue weighted by Gasteiger charge is -2.16. The Morgan fingerprint density at radius 2 is 1.96 bits per heavy atom. The molecule has 2 aromatic heterocycles. The second kappa shape index (κ2) is 6.76. The van der Waals surface area contributed by atoms with Crippen LogP contribution in [0.4, 0.5) is 0 Å². The molecule has 0 radical (unpaired) electrons. The highest BCUT2D eigenvalue weighted by Crippen LogP contribution is 2.16. The Balaban J connectivity index is 1.83. The third kappa shape index (κ3) is 3.26. The van der Waals surface area contributed by atoms with Gasteiger partial charge in [0.05, 0.1) is 17.1 Å². The van der Waals surface area contributed by atoms with Crippen molar-refractivity contribution in [1.82, 2.24) is 19.5 Å². The van der Waals surface area contributed by atoms with Crippen LogP contribution in [0.2, 0.25) is 0 Å². The van der Waals surface area contributed by atoms with Crippen LogP contribution in [-0.2, 0) is 6.54 Å². The summed E-state index contributed by atoms with van der Waals surface area (Å²) in [5.41, 5.74) is 2.10. The van der Waals surface area contributed by atoms with Crippen LogP contribution in [-0.4, -0.2) is 32.4 Å². The third-order valence-electron chi connectivity index (χ3n) is 3.70. The number of carbonyl (C=O) groups excluding carboxylic acids is 1. The van der Waals surface area contributed by atoms with E-state index in [1.807, 2.05) is 37.3 Å². The fourth-order valence-corrected chi connectivity index (χ4v) is 3.00. The number of nitrogens with one attached hydrogen (secondary N) is 1. The van der Waals surface area contributed by atoms with E-state index in [0.717, 1.165) is 16.1 Å². The molecule has 0 aliphatic heterocycles. The van der Waals surface area contributed by atoms with Crippen molar-refractivity contribution in [2.75, 3.05) is 7.05 Å². The second-order valence-electron chi connectivity index (χ2n) is 5.42. The van der Waals surface area contributed by atoms with Gasteiger partial charge < -0.3 is 9.88 Å². The Morgan fingerprint density at radius 3 is 2.58 bits per heavy atom. The van der Waals surface area contributed by atoms with Gasteiger partial charge in [0.15, 0.2) is 0 Å². The Hall–Kier alpha value is -2.80. The Bertz CT molecular complexity index is 918. The van der Waals surface area contributed by atoms with Gasteiger partial charge in [-0.1, -0.05) is 34.8 Å². The molecule has 2 heterocycles. The summed E-state index contributed by atoms with van der Waals surface area (Å²) in [7, 11) is 1.66. The first-order chi connectivity index (χ1) is 11.6. The van der Waals surface area contributed by atoms with Gasteiger partial charge in [-0.3, -0.25) is 9.59 Å². The fourth-order valence-electron chi connectivity index (χ4n) is 2.32. The van der Waals surface area contributed by atoms with E-state index in [1.165, 1.54) is 16.4 Å². The molecule has 0 atom stereocenters. The van der Waals surface area contributed by atoms with Gasteiger partial charge in [0.25, 0.3) is 11.5 Å². The van der Waals surface area contributed by atoms with Crippen LogP contribution in [0.5, 0.6) is 0 Å². The number of benzene rings is 1. The number of aromatic amines is 1. The molecule has 0 fully saturated rings. The average molecular weight is 340 g/mol. The number of pyridine rings is 1. The Morgan fingerprint density at radius 1 is 1.21 bits per heavy atom. The minimum Gasteiger partial charge on any atom is -0.336 e. The predicted molar refractivity (Wildman–Crippen MR) is 92.9 cm³/mol. The summed E-state index contributed by atoms with van der Waals surface area (Å²) in [5, 5.41) is 3.93. The van der Waals surface area contributed by atoms with Gasteiger partial charge in [0, 0.05) is 12.7 Å². The fraction of sp³-hybridized carbons (Fsp3) is 0.176. The van der Waals surface area contributed by atoms with E-state index in [1.54, 1.807) is 19.2 Å². The molecular formula is C17H16N4O2S. The van der Waals surface area contributed by atoms with Gasteiger partial charge in [-0.2, -0.15) is 0 Å². The molecule has 6 nitrogen and oxygen atoms in total.